The fourth-order valence-corrected chi connectivity index (χ4v) is 2.21. The van der Waals surface area contributed by atoms with Gasteiger partial charge in [-0.2, -0.15) is 0 Å². The average molecular weight is 268 g/mol. The van der Waals surface area contributed by atoms with E-state index in [2.05, 4.69) is 5.32 Å². The van der Waals surface area contributed by atoms with E-state index in [4.69, 9.17) is 4.74 Å². The number of rotatable bonds is 8. The summed E-state index contributed by atoms with van der Waals surface area (Å²) in [6, 6.07) is 5.60. The van der Waals surface area contributed by atoms with Crippen molar-refractivity contribution in [1.29, 1.82) is 0 Å². The van der Waals surface area contributed by atoms with Crippen LogP contribution in [-0.4, -0.2) is 32.8 Å². The standard InChI is InChI=1S/C15H25FN2O/c1-5-17-10-13-7-8-15(14(16)9-13)18(6-2)12(3)11-19-4/h7-9,12,17H,5-6,10-11H2,1-4H3. The Kier molecular flexibility index (Phi) is 6.81. The molecule has 0 aromatic heterocycles. The molecule has 0 amide bonds. The molecule has 1 unspecified atom stereocenters. The highest BCUT2D eigenvalue weighted by atomic mass is 19.1. The molecule has 1 rings (SSSR count). The van der Waals surface area contributed by atoms with Crippen LogP contribution in [0, 0.1) is 5.82 Å². The van der Waals surface area contributed by atoms with E-state index < -0.39 is 0 Å². The lowest BCUT2D eigenvalue weighted by atomic mass is 10.1. The Morgan fingerprint density at radius 1 is 1.37 bits per heavy atom. The van der Waals surface area contributed by atoms with Crippen molar-refractivity contribution < 1.29 is 9.13 Å². The molecule has 0 saturated carbocycles. The van der Waals surface area contributed by atoms with Crippen molar-refractivity contribution in [2.75, 3.05) is 31.7 Å². The zero-order chi connectivity index (χ0) is 14.3. The summed E-state index contributed by atoms with van der Waals surface area (Å²) >= 11 is 0. The highest BCUT2D eigenvalue weighted by molar-refractivity contribution is 5.50. The first-order valence-corrected chi connectivity index (χ1v) is 6.88. The average Bonchev–Trinajstić information content (AvgIpc) is 2.39. The van der Waals surface area contributed by atoms with Crippen molar-refractivity contribution >= 4 is 5.69 Å². The molecule has 1 N–H and O–H groups in total. The molecule has 0 bridgehead atoms. The first kappa shape index (κ1) is 15.9. The Morgan fingerprint density at radius 3 is 2.63 bits per heavy atom. The van der Waals surface area contributed by atoms with Crippen LogP contribution in [0.1, 0.15) is 26.3 Å². The molecule has 0 aliphatic rings. The van der Waals surface area contributed by atoms with Gasteiger partial charge in [-0.3, -0.25) is 0 Å². The summed E-state index contributed by atoms with van der Waals surface area (Å²) in [5.74, 6) is -0.166. The van der Waals surface area contributed by atoms with Crippen LogP contribution in [0.3, 0.4) is 0 Å². The number of likely N-dealkylation sites (N-methyl/N-ethyl adjacent to an activating group) is 1. The van der Waals surface area contributed by atoms with Crippen LogP contribution in [0.4, 0.5) is 10.1 Å². The summed E-state index contributed by atoms with van der Waals surface area (Å²) in [6.45, 7) is 9.04. The van der Waals surface area contributed by atoms with Gasteiger partial charge in [-0.1, -0.05) is 13.0 Å². The molecule has 0 spiro atoms. The van der Waals surface area contributed by atoms with Gasteiger partial charge in [-0.15, -0.1) is 0 Å². The molecule has 19 heavy (non-hydrogen) atoms. The Hall–Kier alpha value is -1.13. The molecule has 0 saturated heterocycles. The van der Waals surface area contributed by atoms with Crippen molar-refractivity contribution in [1.82, 2.24) is 5.32 Å². The van der Waals surface area contributed by atoms with Gasteiger partial charge in [0.25, 0.3) is 0 Å². The first-order valence-electron chi connectivity index (χ1n) is 6.88. The van der Waals surface area contributed by atoms with E-state index in [1.165, 1.54) is 0 Å². The number of methoxy groups -OCH3 is 1. The molecule has 0 heterocycles. The maximum Gasteiger partial charge on any atom is 0.146 e. The van der Waals surface area contributed by atoms with Crippen molar-refractivity contribution in [3.05, 3.63) is 29.6 Å². The zero-order valence-corrected chi connectivity index (χ0v) is 12.4. The van der Waals surface area contributed by atoms with Crippen molar-refractivity contribution in [2.24, 2.45) is 0 Å². The first-order chi connectivity index (χ1) is 9.13. The Balaban J connectivity index is 2.86. The van der Waals surface area contributed by atoms with Crippen molar-refractivity contribution in [3.8, 4) is 0 Å². The fourth-order valence-electron chi connectivity index (χ4n) is 2.21. The smallest absolute Gasteiger partial charge is 0.146 e. The molecule has 3 nitrogen and oxygen atoms in total. The Labute approximate surface area is 115 Å². The van der Waals surface area contributed by atoms with E-state index in [0.717, 1.165) is 18.7 Å². The Morgan fingerprint density at radius 2 is 2.11 bits per heavy atom. The van der Waals surface area contributed by atoms with Crippen LogP contribution < -0.4 is 10.2 Å². The number of ether oxygens (including phenoxy) is 1. The number of hydrogen-bond acceptors (Lipinski definition) is 3. The number of anilines is 1. The molecule has 108 valence electrons. The molecular weight excluding hydrogens is 243 g/mol. The monoisotopic (exact) mass is 268 g/mol. The minimum Gasteiger partial charge on any atom is -0.383 e. The maximum absolute atomic E-state index is 14.2. The molecule has 1 aromatic rings. The van der Waals surface area contributed by atoms with Gasteiger partial charge in [-0.25, -0.2) is 4.39 Å². The summed E-state index contributed by atoms with van der Waals surface area (Å²) in [5.41, 5.74) is 1.62. The third kappa shape index (κ3) is 4.48. The lowest BCUT2D eigenvalue weighted by Crippen LogP contribution is -2.36. The lowest BCUT2D eigenvalue weighted by molar-refractivity contribution is 0.181. The van der Waals surface area contributed by atoms with Gasteiger partial charge in [0.1, 0.15) is 5.82 Å². The summed E-state index contributed by atoms with van der Waals surface area (Å²) < 4.78 is 19.4. The normalized spacial score (nSPS) is 12.5. The van der Waals surface area contributed by atoms with E-state index in [0.29, 0.717) is 18.8 Å². The molecule has 0 aliphatic carbocycles. The van der Waals surface area contributed by atoms with E-state index >= 15 is 0 Å². The van der Waals surface area contributed by atoms with Crippen LogP contribution in [0.15, 0.2) is 18.2 Å². The van der Waals surface area contributed by atoms with Crippen LogP contribution >= 0.6 is 0 Å². The van der Waals surface area contributed by atoms with E-state index in [9.17, 15) is 4.39 Å². The Bertz CT molecular complexity index is 384. The van der Waals surface area contributed by atoms with E-state index in [1.54, 1.807) is 13.2 Å². The third-order valence-electron chi connectivity index (χ3n) is 3.18. The number of nitrogens with zero attached hydrogens (tertiary/aromatic N) is 1. The van der Waals surface area contributed by atoms with Gasteiger partial charge in [0.2, 0.25) is 0 Å². The van der Waals surface area contributed by atoms with Gasteiger partial charge in [0, 0.05) is 26.2 Å². The second-order valence-corrected chi connectivity index (χ2v) is 4.66. The van der Waals surface area contributed by atoms with Gasteiger partial charge >= 0.3 is 0 Å². The topological polar surface area (TPSA) is 24.5 Å². The quantitative estimate of drug-likeness (QED) is 0.784. The zero-order valence-electron chi connectivity index (χ0n) is 12.4. The summed E-state index contributed by atoms with van der Waals surface area (Å²) in [6.07, 6.45) is 0. The largest absolute Gasteiger partial charge is 0.383 e. The highest BCUT2D eigenvalue weighted by Crippen LogP contribution is 2.22. The van der Waals surface area contributed by atoms with E-state index in [1.807, 2.05) is 37.8 Å². The van der Waals surface area contributed by atoms with Gasteiger partial charge in [-0.05, 0) is 38.1 Å². The van der Waals surface area contributed by atoms with Crippen LogP contribution in [0.25, 0.3) is 0 Å². The molecular formula is C15H25FN2O. The minimum atomic E-state index is -0.166. The molecule has 0 aliphatic heterocycles. The number of hydrogen-bond donors (Lipinski definition) is 1. The number of benzene rings is 1. The highest BCUT2D eigenvalue weighted by Gasteiger charge is 2.16. The number of nitrogens with one attached hydrogen (secondary N) is 1. The fraction of sp³-hybridized carbons (Fsp3) is 0.600. The summed E-state index contributed by atoms with van der Waals surface area (Å²) in [7, 11) is 1.67. The molecule has 0 fully saturated rings. The van der Waals surface area contributed by atoms with Gasteiger partial charge < -0.3 is 15.0 Å². The molecule has 4 heteroatoms. The second-order valence-electron chi connectivity index (χ2n) is 4.66. The second kappa shape index (κ2) is 8.12. The summed E-state index contributed by atoms with van der Waals surface area (Å²) in [4.78, 5) is 2.02. The van der Waals surface area contributed by atoms with Gasteiger partial charge in [0.05, 0.1) is 12.3 Å². The predicted molar refractivity (Wildman–Crippen MR) is 78.1 cm³/mol. The third-order valence-corrected chi connectivity index (χ3v) is 3.18. The van der Waals surface area contributed by atoms with Crippen molar-refractivity contribution in [3.63, 3.8) is 0 Å². The maximum atomic E-state index is 14.2. The predicted octanol–water partition coefficient (Wildman–Crippen LogP) is 2.80. The van der Waals surface area contributed by atoms with Crippen LogP contribution in [0.5, 0.6) is 0 Å². The molecule has 0 radical (unpaired) electrons. The van der Waals surface area contributed by atoms with Crippen LogP contribution in [-0.2, 0) is 11.3 Å². The number of halogens is 1. The van der Waals surface area contributed by atoms with Gasteiger partial charge in [0.15, 0.2) is 0 Å². The van der Waals surface area contributed by atoms with E-state index in [-0.39, 0.29) is 11.9 Å². The lowest BCUT2D eigenvalue weighted by Gasteiger charge is -2.30. The summed E-state index contributed by atoms with van der Waals surface area (Å²) in [5, 5.41) is 3.20. The van der Waals surface area contributed by atoms with Crippen molar-refractivity contribution in [2.45, 2.75) is 33.4 Å². The molecule has 1 aromatic carbocycles. The SMILES string of the molecule is CCNCc1ccc(N(CC)C(C)COC)c(F)c1. The minimum absolute atomic E-state index is 0.157. The van der Waals surface area contributed by atoms with Crippen LogP contribution in [0.2, 0.25) is 0 Å². The molecule has 1 atom stereocenters.